The van der Waals surface area contributed by atoms with Crippen molar-refractivity contribution in [2.24, 2.45) is 17.8 Å². The van der Waals surface area contributed by atoms with E-state index in [1.807, 2.05) is 42.5 Å². The summed E-state index contributed by atoms with van der Waals surface area (Å²) in [6, 6.07) is 5.79. The van der Waals surface area contributed by atoms with Crippen molar-refractivity contribution < 1.29 is 0 Å². The Bertz CT molecular complexity index is 681. The zero-order chi connectivity index (χ0) is 14.3. The average molecular weight is 355 g/mol. The van der Waals surface area contributed by atoms with Crippen molar-refractivity contribution in [3.63, 3.8) is 0 Å². The van der Waals surface area contributed by atoms with Gasteiger partial charge in [0.15, 0.2) is 5.96 Å². The predicted octanol–water partition coefficient (Wildman–Crippen LogP) is 2.71. The van der Waals surface area contributed by atoms with Crippen LogP contribution >= 0.6 is 27.5 Å². The summed E-state index contributed by atoms with van der Waals surface area (Å²) >= 11 is 9.48. The minimum absolute atomic E-state index is 0.0665. The quantitative estimate of drug-likeness (QED) is 0.902. The van der Waals surface area contributed by atoms with Gasteiger partial charge in [-0.1, -0.05) is 11.6 Å². The Morgan fingerprint density at radius 3 is 2.90 bits per heavy atom. The largest absolute Gasteiger partial charge is 0.369 e. The Kier molecular flexibility index (Phi) is 3.43. The molecular formula is C13H13BrClN5. The lowest BCUT2D eigenvalue weighted by Gasteiger charge is -2.25. The third-order valence-electron chi connectivity index (χ3n) is 3.28. The Hall–Kier alpha value is -1.53. The van der Waals surface area contributed by atoms with Crippen LogP contribution < -0.4 is 10.6 Å². The molecule has 0 radical (unpaired) electrons. The summed E-state index contributed by atoms with van der Waals surface area (Å²) in [4.78, 5) is 6.35. The summed E-state index contributed by atoms with van der Waals surface area (Å²) in [5.41, 5.74) is 8.07. The van der Waals surface area contributed by atoms with Crippen molar-refractivity contribution in [3.8, 4) is 0 Å². The second-order valence-corrected chi connectivity index (χ2v) is 5.89. The summed E-state index contributed by atoms with van der Waals surface area (Å²) < 4.78 is 2.61. The first-order valence-electron chi connectivity index (χ1n) is 6.09. The van der Waals surface area contributed by atoms with Gasteiger partial charge < -0.3 is 10.6 Å². The van der Waals surface area contributed by atoms with Gasteiger partial charge in [0.1, 0.15) is 0 Å². The van der Waals surface area contributed by atoms with Crippen molar-refractivity contribution >= 4 is 39.2 Å². The highest BCUT2D eigenvalue weighted by Gasteiger charge is 2.29. The van der Waals surface area contributed by atoms with Gasteiger partial charge in [-0.25, -0.2) is 0 Å². The first-order chi connectivity index (χ1) is 9.56. The molecular weight excluding hydrogens is 342 g/mol. The van der Waals surface area contributed by atoms with Crippen LogP contribution in [-0.4, -0.2) is 22.3 Å². The smallest absolute Gasteiger partial charge is 0.196 e. The van der Waals surface area contributed by atoms with Gasteiger partial charge in [-0.3, -0.25) is 9.67 Å². The van der Waals surface area contributed by atoms with Crippen LogP contribution in [0.4, 0.5) is 5.69 Å². The second-order valence-electron chi connectivity index (χ2n) is 4.63. The molecule has 1 unspecified atom stereocenters. The number of anilines is 1. The van der Waals surface area contributed by atoms with Crippen LogP contribution in [0.1, 0.15) is 11.6 Å². The first kappa shape index (κ1) is 13.5. The predicted molar refractivity (Wildman–Crippen MR) is 84.1 cm³/mol. The number of aryl methyl sites for hydroxylation is 1. The molecule has 3 rings (SSSR count). The van der Waals surface area contributed by atoms with Gasteiger partial charge in [0.25, 0.3) is 0 Å². The molecule has 5 nitrogen and oxygen atoms in total. The van der Waals surface area contributed by atoms with Gasteiger partial charge in [-0.15, -0.1) is 0 Å². The topological polar surface area (TPSA) is 59.4 Å². The molecule has 2 N–H and O–H groups in total. The number of hydrogen-bond donors (Lipinski definition) is 1. The number of rotatable bonds is 2. The zero-order valence-electron chi connectivity index (χ0n) is 10.8. The monoisotopic (exact) mass is 353 g/mol. The van der Waals surface area contributed by atoms with E-state index in [0.717, 1.165) is 15.7 Å². The lowest BCUT2D eigenvalue weighted by molar-refractivity contribution is 0.752. The molecule has 0 fully saturated rings. The standard InChI is InChI=1S/C13H13BrClN5/c1-19-7-8(5-18-19)12-6-17-13(16)20(12)9-2-3-11(15)10(14)4-9/h2-5,7,12H,6H2,1H3,(H2,16,17). The highest BCUT2D eigenvalue weighted by molar-refractivity contribution is 9.10. The second kappa shape index (κ2) is 5.10. The van der Waals surface area contributed by atoms with E-state index >= 15 is 0 Å². The normalized spacial score (nSPS) is 18.4. The summed E-state index contributed by atoms with van der Waals surface area (Å²) in [5, 5.41) is 4.88. The van der Waals surface area contributed by atoms with E-state index < -0.39 is 0 Å². The van der Waals surface area contributed by atoms with Gasteiger partial charge in [0.05, 0.1) is 23.8 Å². The number of halogens is 2. The molecule has 1 aromatic carbocycles. The van der Waals surface area contributed by atoms with Crippen LogP contribution in [0.15, 0.2) is 40.1 Å². The maximum absolute atomic E-state index is 6.04. The number of guanidine groups is 1. The molecule has 1 aromatic heterocycles. The molecule has 2 aromatic rings. The summed E-state index contributed by atoms with van der Waals surface area (Å²) in [7, 11) is 1.89. The maximum Gasteiger partial charge on any atom is 0.196 e. The van der Waals surface area contributed by atoms with E-state index in [1.165, 1.54) is 0 Å². The summed E-state index contributed by atoms with van der Waals surface area (Å²) in [6.45, 7) is 0.623. The van der Waals surface area contributed by atoms with Crippen LogP contribution in [0.2, 0.25) is 5.02 Å². The van der Waals surface area contributed by atoms with Crippen LogP contribution in [0.3, 0.4) is 0 Å². The fourth-order valence-electron chi connectivity index (χ4n) is 2.31. The highest BCUT2D eigenvalue weighted by Crippen LogP contribution is 2.34. The van der Waals surface area contributed by atoms with Crippen molar-refractivity contribution in [1.29, 1.82) is 0 Å². The fraction of sp³-hybridized carbons (Fsp3) is 0.231. The molecule has 104 valence electrons. The molecule has 0 saturated carbocycles. The van der Waals surface area contributed by atoms with Crippen LogP contribution in [0.25, 0.3) is 0 Å². The minimum Gasteiger partial charge on any atom is -0.369 e. The lowest BCUT2D eigenvalue weighted by atomic mass is 10.1. The Balaban J connectivity index is 1.99. The number of aromatic nitrogens is 2. The molecule has 0 saturated heterocycles. The molecule has 20 heavy (non-hydrogen) atoms. The molecule has 2 heterocycles. The average Bonchev–Trinajstić information content (AvgIpc) is 2.99. The van der Waals surface area contributed by atoms with Crippen molar-refractivity contribution in [2.75, 3.05) is 11.4 Å². The van der Waals surface area contributed by atoms with E-state index in [9.17, 15) is 0 Å². The van der Waals surface area contributed by atoms with Crippen LogP contribution in [-0.2, 0) is 7.05 Å². The SMILES string of the molecule is Cn1cc(C2CN=C(N)N2c2ccc(Cl)c(Br)c2)cn1. The van der Waals surface area contributed by atoms with Gasteiger partial charge in [-0.2, -0.15) is 5.10 Å². The van der Waals surface area contributed by atoms with Gasteiger partial charge in [0, 0.05) is 29.0 Å². The van der Waals surface area contributed by atoms with E-state index in [4.69, 9.17) is 17.3 Å². The Morgan fingerprint density at radius 2 is 2.25 bits per heavy atom. The zero-order valence-corrected chi connectivity index (χ0v) is 13.1. The van der Waals surface area contributed by atoms with Gasteiger partial charge >= 0.3 is 0 Å². The van der Waals surface area contributed by atoms with Crippen LogP contribution in [0, 0.1) is 0 Å². The number of hydrogen-bond acceptors (Lipinski definition) is 4. The maximum atomic E-state index is 6.04. The van der Waals surface area contributed by atoms with Crippen molar-refractivity contribution in [1.82, 2.24) is 9.78 Å². The molecule has 0 amide bonds. The molecule has 1 aliphatic heterocycles. The molecule has 1 aliphatic rings. The van der Waals surface area contributed by atoms with Gasteiger partial charge in [-0.05, 0) is 34.1 Å². The Labute approximate surface area is 130 Å². The number of nitrogens with zero attached hydrogens (tertiary/aromatic N) is 4. The number of nitrogens with two attached hydrogens (primary N) is 1. The van der Waals surface area contributed by atoms with E-state index in [2.05, 4.69) is 26.0 Å². The highest BCUT2D eigenvalue weighted by atomic mass is 79.9. The number of benzene rings is 1. The van der Waals surface area contributed by atoms with Crippen LogP contribution in [0.5, 0.6) is 0 Å². The van der Waals surface area contributed by atoms with Crippen molar-refractivity contribution in [3.05, 3.63) is 45.7 Å². The molecule has 0 spiro atoms. The summed E-state index contributed by atoms with van der Waals surface area (Å²) in [5.74, 6) is 0.507. The molecule has 0 aliphatic carbocycles. The fourth-order valence-corrected chi connectivity index (χ4v) is 2.80. The van der Waals surface area contributed by atoms with Gasteiger partial charge in [0.2, 0.25) is 0 Å². The first-order valence-corrected chi connectivity index (χ1v) is 7.26. The summed E-state index contributed by atoms with van der Waals surface area (Å²) in [6.07, 6.45) is 3.83. The molecule has 0 bridgehead atoms. The third-order valence-corrected chi connectivity index (χ3v) is 4.49. The molecule has 7 heteroatoms. The molecule has 1 atom stereocenters. The minimum atomic E-state index is 0.0665. The van der Waals surface area contributed by atoms with E-state index in [1.54, 1.807) is 4.68 Å². The van der Waals surface area contributed by atoms with E-state index in [-0.39, 0.29) is 6.04 Å². The Morgan fingerprint density at radius 1 is 1.45 bits per heavy atom. The van der Waals surface area contributed by atoms with E-state index in [0.29, 0.717) is 17.5 Å². The third kappa shape index (κ3) is 2.29. The number of aliphatic imine (C=N–C) groups is 1. The lowest BCUT2D eigenvalue weighted by Crippen LogP contribution is -2.36. The van der Waals surface area contributed by atoms with Crippen molar-refractivity contribution in [2.45, 2.75) is 6.04 Å².